The van der Waals surface area contributed by atoms with Crippen LogP contribution < -0.4 is 0 Å². The first kappa shape index (κ1) is 48.4. The van der Waals surface area contributed by atoms with Crippen molar-refractivity contribution in [2.75, 3.05) is 13.2 Å². The Morgan fingerprint density at radius 3 is 0.980 bits per heavy atom. The SMILES string of the molecule is CCCCCCCCCCCCCC(=O)OC[C@@H](COC(=O)CCCCCCCCC(C)C)OC(=O)CCCCCCCCCCCC(C)C. The van der Waals surface area contributed by atoms with E-state index in [-0.39, 0.29) is 31.1 Å². The smallest absolute Gasteiger partial charge is 0.306 e. The summed E-state index contributed by atoms with van der Waals surface area (Å²) in [5.74, 6) is 0.703. The van der Waals surface area contributed by atoms with Crippen molar-refractivity contribution in [1.29, 1.82) is 0 Å². The fourth-order valence-corrected chi connectivity index (χ4v) is 6.40. The average Bonchev–Trinajstić information content (AvgIpc) is 3.08. The van der Waals surface area contributed by atoms with Crippen molar-refractivity contribution < 1.29 is 28.6 Å². The largest absolute Gasteiger partial charge is 0.462 e. The van der Waals surface area contributed by atoms with E-state index in [0.29, 0.717) is 19.3 Å². The third kappa shape index (κ3) is 37.7. The maximum absolute atomic E-state index is 12.7. The molecule has 0 aromatic heterocycles. The maximum Gasteiger partial charge on any atom is 0.306 e. The highest BCUT2D eigenvalue weighted by Gasteiger charge is 2.19. The predicted molar refractivity (Wildman–Crippen MR) is 210 cm³/mol. The molecule has 6 nitrogen and oxygen atoms in total. The normalized spacial score (nSPS) is 12.1. The number of hydrogen-bond donors (Lipinski definition) is 0. The lowest BCUT2D eigenvalue weighted by Gasteiger charge is -2.18. The van der Waals surface area contributed by atoms with E-state index >= 15 is 0 Å². The van der Waals surface area contributed by atoms with Crippen LogP contribution in [-0.2, 0) is 28.6 Å². The topological polar surface area (TPSA) is 78.9 Å². The number of carbonyl (C=O) groups is 3. The second kappa shape index (κ2) is 37.2. The van der Waals surface area contributed by atoms with Gasteiger partial charge in [-0.1, -0.05) is 195 Å². The zero-order valence-corrected chi connectivity index (χ0v) is 34.0. The first-order valence-corrected chi connectivity index (χ1v) is 21.7. The van der Waals surface area contributed by atoms with Crippen LogP contribution in [0.4, 0.5) is 0 Å². The highest BCUT2D eigenvalue weighted by Crippen LogP contribution is 2.16. The molecule has 0 heterocycles. The van der Waals surface area contributed by atoms with E-state index in [4.69, 9.17) is 14.2 Å². The highest BCUT2D eigenvalue weighted by molar-refractivity contribution is 5.71. The van der Waals surface area contributed by atoms with Gasteiger partial charge >= 0.3 is 17.9 Å². The van der Waals surface area contributed by atoms with E-state index in [0.717, 1.165) is 69.6 Å². The summed E-state index contributed by atoms with van der Waals surface area (Å²) in [5.41, 5.74) is 0. The number of esters is 3. The number of carbonyl (C=O) groups excluding carboxylic acids is 3. The molecule has 1 atom stereocenters. The summed E-state index contributed by atoms with van der Waals surface area (Å²) >= 11 is 0. The van der Waals surface area contributed by atoms with Gasteiger partial charge in [-0.3, -0.25) is 14.4 Å². The minimum absolute atomic E-state index is 0.0660. The standard InChI is InChI=1S/C44H84O6/c1-6-7-8-9-10-11-12-15-18-24-29-34-42(45)48-37-41(38-49-43(46)35-30-25-21-20-23-28-33-40(4)5)50-44(47)36-31-26-19-16-13-14-17-22-27-32-39(2)3/h39-41H,6-38H2,1-5H3/t41-/m0/s1. The Labute approximate surface area is 310 Å². The monoisotopic (exact) mass is 709 g/mol. The minimum Gasteiger partial charge on any atom is -0.462 e. The lowest BCUT2D eigenvalue weighted by Crippen LogP contribution is -2.30. The predicted octanol–water partition coefficient (Wildman–Crippen LogP) is 13.4. The molecule has 0 aromatic carbocycles. The quantitative estimate of drug-likeness (QED) is 0.0361. The Morgan fingerprint density at radius 2 is 0.660 bits per heavy atom. The van der Waals surface area contributed by atoms with Gasteiger partial charge in [-0.05, 0) is 31.1 Å². The lowest BCUT2D eigenvalue weighted by atomic mass is 10.0. The zero-order valence-electron chi connectivity index (χ0n) is 34.0. The van der Waals surface area contributed by atoms with Crippen molar-refractivity contribution in [1.82, 2.24) is 0 Å². The molecule has 0 spiro atoms. The average molecular weight is 709 g/mol. The molecule has 0 fully saturated rings. The first-order valence-electron chi connectivity index (χ1n) is 21.7. The number of rotatable bonds is 38. The van der Waals surface area contributed by atoms with Gasteiger partial charge in [-0.15, -0.1) is 0 Å². The van der Waals surface area contributed by atoms with E-state index in [1.165, 1.54) is 122 Å². The summed E-state index contributed by atoms with van der Waals surface area (Å²) in [4.78, 5) is 37.6. The van der Waals surface area contributed by atoms with Crippen molar-refractivity contribution >= 4 is 17.9 Å². The third-order valence-corrected chi connectivity index (χ3v) is 9.72. The summed E-state index contributed by atoms with van der Waals surface area (Å²) in [5, 5.41) is 0. The molecule has 0 saturated carbocycles. The first-order chi connectivity index (χ1) is 24.2. The van der Waals surface area contributed by atoms with Gasteiger partial charge in [0, 0.05) is 19.3 Å². The molecule has 0 aliphatic rings. The van der Waals surface area contributed by atoms with Gasteiger partial charge in [0.2, 0.25) is 0 Å². The van der Waals surface area contributed by atoms with Crippen molar-refractivity contribution in [3.63, 3.8) is 0 Å². The molecule has 0 aromatic rings. The Bertz CT molecular complexity index is 764. The van der Waals surface area contributed by atoms with E-state index in [2.05, 4.69) is 34.6 Å². The van der Waals surface area contributed by atoms with E-state index < -0.39 is 6.10 Å². The number of unbranched alkanes of at least 4 members (excludes halogenated alkanes) is 23. The molecule has 0 aliphatic carbocycles. The molecule has 0 unspecified atom stereocenters. The fraction of sp³-hybridized carbons (Fsp3) is 0.932. The summed E-state index contributed by atoms with van der Waals surface area (Å²) in [6, 6.07) is 0. The van der Waals surface area contributed by atoms with Crippen molar-refractivity contribution in [3.05, 3.63) is 0 Å². The molecule has 50 heavy (non-hydrogen) atoms. The van der Waals surface area contributed by atoms with Crippen LogP contribution in [0, 0.1) is 11.8 Å². The molecule has 0 saturated heterocycles. The van der Waals surface area contributed by atoms with Crippen LogP contribution in [0.3, 0.4) is 0 Å². The van der Waals surface area contributed by atoms with Gasteiger partial charge in [0.1, 0.15) is 13.2 Å². The van der Waals surface area contributed by atoms with Gasteiger partial charge < -0.3 is 14.2 Å². The van der Waals surface area contributed by atoms with Crippen LogP contribution in [0.15, 0.2) is 0 Å². The van der Waals surface area contributed by atoms with Crippen LogP contribution >= 0.6 is 0 Å². The van der Waals surface area contributed by atoms with Gasteiger partial charge in [-0.25, -0.2) is 0 Å². The van der Waals surface area contributed by atoms with Crippen LogP contribution in [-0.4, -0.2) is 37.2 Å². The van der Waals surface area contributed by atoms with Crippen LogP contribution in [0.1, 0.15) is 234 Å². The molecule has 0 amide bonds. The molecule has 6 heteroatoms. The highest BCUT2D eigenvalue weighted by atomic mass is 16.6. The third-order valence-electron chi connectivity index (χ3n) is 9.72. The molecule has 0 N–H and O–H groups in total. The molecule has 0 aliphatic heterocycles. The van der Waals surface area contributed by atoms with E-state index in [1.54, 1.807) is 0 Å². The molecular formula is C44H84O6. The van der Waals surface area contributed by atoms with Gasteiger partial charge in [0.05, 0.1) is 0 Å². The Morgan fingerprint density at radius 1 is 0.380 bits per heavy atom. The molecular weight excluding hydrogens is 624 g/mol. The van der Waals surface area contributed by atoms with Gasteiger partial charge in [-0.2, -0.15) is 0 Å². The summed E-state index contributed by atoms with van der Waals surface area (Å²) in [7, 11) is 0. The Balaban J connectivity index is 4.34. The molecule has 0 radical (unpaired) electrons. The lowest BCUT2D eigenvalue weighted by molar-refractivity contribution is -0.167. The summed E-state index contributed by atoms with van der Waals surface area (Å²) in [6.07, 6.45) is 33.9. The zero-order chi connectivity index (χ0) is 36.9. The van der Waals surface area contributed by atoms with Crippen LogP contribution in [0.2, 0.25) is 0 Å². The minimum atomic E-state index is -0.760. The molecule has 296 valence electrons. The van der Waals surface area contributed by atoms with Gasteiger partial charge in [0.15, 0.2) is 6.10 Å². The van der Waals surface area contributed by atoms with Crippen molar-refractivity contribution in [2.45, 2.75) is 240 Å². The van der Waals surface area contributed by atoms with Gasteiger partial charge in [0.25, 0.3) is 0 Å². The summed E-state index contributed by atoms with van der Waals surface area (Å²) < 4.78 is 16.7. The van der Waals surface area contributed by atoms with Crippen molar-refractivity contribution in [3.8, 4) is 0 Å². The van der Waals surface area contributed by atoms with E-state index in [9.17, 15) is 14.4 Å². The molecule has 0 bridgehead atoms. The Hall–Kier alpha value is -1.59. The summed E-state index contributed by atoms with van der Waals surface area (Å²) in [6.45, 7) is 11.2. The second-order valence-electron chi connectivity index (χ2n) is 15.9. The van der Waals surface area contributed by atoms with Crippen molar-refractivity contribution in [2.24, 2.45) is 11.8 Å². The maximum atomic E-state index is 12.7. The number of hydrogen-bond acceptors (Lipinski definition) is 6. The fourth-order valence-electron chi connectivity index (χ4n) is 6.40. The Kier molecular flexibility index (Phi) is 36.0. The molecule has 0 rings (SSSR count). The second-order valence-corrected chi connectivity index (χ2v) is 15.9. The number of ether oxygens (including phenoxy) is 3. The van der Waals surface area contributed by atoms with E-state index in [1.807, 2.05) is 0 Å². The van der Waals surface area contributed by atoms with Crippen LogP contribution in [0.25, 0.3) is 0 Å². The van der Waals surface area contributed by atoms with Crippen LogP contribution in [0.5, 0.6) is 0 Å².